The van der Waals surface area contributed by atoms with E-state index in [1.165, 1.54) is 43.1 Å². The van der Waals surface area contributed by atoms with E-state index in [-0.39, 0.29) is 5.92 Å². The second-order valence-electron chi connectivity index (χ2n) is 8.01. The van der Waals surface area contributed by atoms with E-state index in [0.717, 1.165) is 11.5 Å². The van der Waals surface area contributed by atoms with Crippen molar-refractivity contribution < 1.29 is 9.47 Å². The van der Waals surface area contributed by atoms with Gasteiger partial charge in [-0.25, -0.2) is 0 Å². The molecule has 0 fully saturated rings. The van der Waals surface area contributed by atoms with Gasteiger partial charge in [-0.1, -0.05) is 68.1 Å². The molecule has 0 aliphatic carbocycles. The highest BCUT2D eigenvalue weighted by Crippen LogP contribution is 2.53. The van der Waals surface area contributed by atoms with Crippen molar-refractivity contribution in [3.8, 4) is 11.5 Å². The molecular formula is C26H25NO2S. The van der Waals surface area contributed by atoms with Crippen LogP contribution < -0.4 is 9.47 Å². The number of nitrogens with one attached hydrogen (secondary N) is 1. The summed E-state index contributed by atoms with van der Waals surface area (Å²) in [5.74, 6) is 2.18. The summed E-state index contributed by atoms with van der Waals surface area (Å²) in [6.45, 7) is 4.47. The van der Waals surface area contributed by atoms with E-state index in [4.69, 9.17) is 9.47 Å². The van der Waals surface area contributed by atoms with Crippen molar-refractivity contribution in [1.29, 1.82) is 0 Å². The minimum Gasteiger partial charge on any atom is -0.493 e. The normalized spacial score (nSPS) is 15.2. The number of benzene rings is 3. The maximum absolute atomic E-state index is 5.65. The quantitative estimate of drug-likeness (QED) is 0.345. The first-order valence-corrected chi connectivity index (χ1v) is 11.1. The van der Waals surface area contributed by atoms with Gasteiger partial charge in [0, 0.05) is 27.3 Å². The molecule has 1 N–H and O–H groups in total. The smallest absolute Gasteiger partial charge is 0.161 e. The summed E-state index contributed by atoms with van der Waals surface area (Å²) < 4.78 is 11.2. The van der Waals surface area contributed by atoms with Gasteiger partial charge in [-0.15, -0.1) is 0 Å². The number of fused-ring (bicyclic) bond motifs is 4. The van der Waals surface area contributed by atoms with Crippen molar-refractivity contribution in [2.75, 3.05) is 14.2 Å². The van der Waals surface area contributed by atoms with Crippen LogP contribution in [0.2, 0.25) is 0 Å². The van der Waals surface area contributed by atoms with Crippen LogP contribution in [0.1, 0.15) is 47.9 Å². The van der Waals surface area contributed by atoms with Gasteiger partial charge in [-0.3, -0.25) is 0 Å². The number of methoxy groups -OCH3 is 2. The molecule has 0 spiro atoms. The Labute approximate surface area is 181 Å². The number of hydrogen-bond donors (Lipinski definition) is 1. The first-order valence-electron chi connectivity index (χ1n) is 10.2. The zero-order chi connectivity index (χ0) is 20.8. The van der Waals surface area contributed by atoms with E-state index in [9.17, 15) is 0 Å². The predicted octanol–water partition coefficient (Wildman–Crippen LogP) is 6.95. The molecule has 0 radical (unpaired) electrons. The minimum atomic E-state index is 0.133. The lowest BCUT2D eigenvalue weighted by Gasteiger charge is -2.28. The highest BCUT2D eigenvalue weighted by Gasteiger charge is 2.32. The number of aromatic amines is 1. The number of H-pyrrole nitrogens is 1. The standard InChI is InChI=1S/C26H25NO2S/c1-15(2)16-9-11-17(12-10-16)24-19-13-21(28-3)22(29-4)14-23(19)30-26-25(24)18-7-5-6-8-20(18)27-26/h5-15,24,27H,1-4H3. The minimum absolute atomic E-state index is 0.133. The van der Waals surface area contributed by atoms with Crippen LogP contribution in [0.15, 0.2) is 70.6 Å². The lowest BCUT2D eigenvalue weighted by Crippen LogP contribution is -2.10. The number of hydrogen-bond acceptors (Lipinski definition) is 3. The highest BCUT2D eigenvalue weighted by atomic mass is 32.2. The van der Waals surface area contributed by atoms with Crippen LogP contribution in [0, 0.1) is 0 Å². The lowest BCUT2D eigenvalue weighted by atomic mass is 9.83. The van der Waals surface area contributed by atoms with E-state index in [0.29, 0.717) is 5.92 Å². The van der Waals surface area contributed by atoms with Crippen molar-refractivity contribution in [1.82, 2.24) is 4.98 Å². The van der Waals surface area contributed by atoms with Gasteiger partial charge < -0.3 is 14.5 Å². The van der Waals surface area contributed by atoms with Gasteiger partial charge in [0.15, 0.2) is 11.5 Å². The van der Waals surface area contributed by atoms with Gasteiger partial charge in [0.05, 0.1) is 19.2 Å². The molecule has 1 atom stereocenters. The predicted molar refractivity (Wildman–Crippen MR) is 123 cm³/mol. The fourth-order valence-corrected chi connectivity index (χ4v) is 5.56. The van der Waals surface area contributed by atoms with Crippen LogP contribution in [0.3, 0.4) is 0 Å². The third-order valence-corrected chi connectivity index (χ3v) is 7.07. The van der Waals surface area contributed by atoms with Crippen LogP contribution in [-0.4, -0.2) is 19.2 Å². The van der Waals surface area contributed by atoms with Crippen molar-refractivity contribution >= 4 is 22.7 Å². The molecule has 0 saturated carbocycles. The van der Waals surface area contributed by atoms with Crippen LogP contribution in [0.5, 0.6) is 11.5 Å². The van der Waals surface area contributed by atoms with Crippen molar-refractivity contribution in [3.05, 3.63) is 82.9 Å². The molecule has 0 amide bonds. The summed E-state index contributed by atoms with van der Waals surface area (Å²) in [4.78, 5) is 4.84. The summed E-state index contributed by atoms with van der Waals surface area (Å²) in [6, 6.07) is 21.9. The molecule has 30 heavy (non-hydrogen) atoms. The molecule has 0 bridgehead atoms. The van der Waals surface area contributed by atoms with Gasteiger partial charge in [-0.05, 0) is 40.8 Å². The molecule has 3 aromatic carbocycles. The summed E-state index contributed by atoms with van der Waals surface area (Å²) in [5, 5.41) is 2.48. The second kappa shape index (κ2) is 7.44. The van der Waals surface area contributed by atoms with Gasteiger partial charge in [-0.2, -0.15) is 0 Å². The summed E-state index contributed by atoms with van der Waals surface area (Å²) in [5.41, 5.74) is 6.42. The average molecular weight is 416 g/mol. The van der Waals surface area contributed by atoms with Crippen molar-refractivity contribution in [3.63, 3.8) is 0 Å². The van der Waals surface area contributed by atoms with Gasteiger partial charge in [0.2, 0.25) is 0 Å². The summed E-state index contributed by atoms with van der Waals surface area (Å²) in [7, 11) is 3.39. The van der Waals surface area contributed by atoms with E-state index < -0.39 is 0 Å². The molecule has 1 aliphatic rings. The Kier molecular flexibility index (Phi) is 4.75. The molecule has 0 saturated heterocycles. The Balaban J connectivity index is 1.77. The van der Waals surface area contributed by atoms with Gasteiger partial charge in [0.1, 0.15) is 0 Å². The average Bonchev–Trinajstić information content (AvgIpc) is 3.14. The Hall–Kier alpha value is -2.85. The monoisotopic (exact) mass is 415 g/mol. The van der Waals surface area contributed by atoms with E-state index >= 15 is 0 Å². The molecule has 1 aliphatic heterocycles. The maximum atomic E-state index is 5.65. The zero-order valence-corrected chi connectivity index (χ0v) is 18.5. The van der Waals surface area contributed by atoms with Gasteiger partial charge in [0.25, 0.3) is 0 Å². The first kappa shape index (κ1) is 19.1. The van der Waals surface area contributed by atoms with E-state index in [1.807, 2.05) is 0 Å². The van der Waals surface area contributed by atoms with Gasteiger partial charge >= 0.3 is 0 Å². The Morgan fingerprint density at radius 3 is 2.30 bits per heavy atom. The van der Waals surface area contributed by atoms with E-state index in [1.54, 1.807) is 26.0 Å². The second-order valence-corrected chi connectivity index (χ2v) is 9.07. The number of aromatic nitrogens is 1. The number of ether oxygens (including phenoxy) is 2. The summed E-state index contributed by atoms with van der Waals surface area (Å²) >= 11 is 1.77. The lowest BCUT2D eigenvalue weighted by molar-refractivity contribution is 0.353. The fourth-order valence-electron chi connectivity index (χ4n) is 4.38. The molecule has 152 valence electrons. The van der Waals surface area contributed by atoms with Crippen LogP contribution in [-0.2, 0) is 0 Å². The molecule has 5 rings (SSSR count). The van der Waals surface area contributed by atoms with Crippen LogP contribution in [0.25, 0.3) is 10.9 Å². The number of rotatable bonds is 4. The Bertz CT molecular complexity index is 1220. The largest absolute Gasteiger partial charge is 0.493 e. The first-order chi connectivity index (χ1) is 14.6. The van der Waals surface area contributed by atoms with Crippen LogP contribution in [0.4, 0.5) is 0 Å². The third-order valence-electron chi connectivity index (χ3n) is 5.97. The summed E-state index contributed by atoms with van der Waals surface area (Å²) in [6.07, 6.45) is 0. The van der Waals surface area contributed by atoms with Crippen LogP contribution >= 0.6 is 11.8 Å². The molecular weight excluding hydrogens is 390 g/mol. The molecule has 4 aromatic rings. The van der Waals surface area contributed by atoms with Crippen molar-refractivity contribution in [2.24, 2.45) is 0 Å². The zero-order valence-electron chi connectivity index (χ0n) is 17.7. The molecule has 1 unspecified atom stereocenters. The van der Waals surface area contributed by atoms with Crippen molar-refractivity contribution in [2.45, 2.75) is 35.6 Å². The topological polar surface area (TPSA) is 34.2 Å². The maximum Gasteiger partial charge on any atom is 0.161 e. The molecule has 3 nitrogen and oxygen atoms in total. The Morgan fingerprint density at radius 2 is 1.60 bits per heavy atom. The molecule has 2 heterocycles. The third kappa shape index (κ3) is 2.98. The Morgan fingerprint density at radius 1 is 0.900 bits per heavy atom. The fraction of sp³-hybridized carbons (Fsp3) is 0.231. The highest BCUT2D eigenvalue weighted by molar-refractivity contribution is 7.99. The molecule has 4 heteroatoms. The van der Waals surface area contributed by atoms with E-state index in [2.05, 4.69) is 79.5 Å². The molecule has 1 aromatic heterocycles. The SMILES string of the molecule is COc1cc2c(cc1OC)C(c1ccc(C(C)C)cc1)c1c([nH]c3ccccc13)S2. The number of para-hydroxylation sites is 1.